The Bertz CT molecular complexity index is 891. The van der Waals surface area contributed by atoms with Crippen molar-refractivity contribution >= 4 is 11.8 Å². The van der Waals surface area contributed by atoms with Crippen LogP contribution in [0.15, 0.2) is 60.7 Å². The van der Waals surface area contributed by atoms with E-state index in [1.54, 1.807) is 6.92 Å². The summed E-state index contributed by atoms with van der Waals surface area (Å²) in [6.07, 6.45) is 2.30. The van der Waals surface area contributed by atoms with Crippen molar-refractivity contribution in [2.24, 2.45) is 0 Å². The van der Waals surface area contributed by atoms with Crippen molar-refractivity contribution in [1.29, 1.82) is 0 Å². The molecule has 0 spiro atoms. The highest BCUT2D eigenvalue weighted by Gasteiger charge is 2.44. The van der Waals surface area contributed by atoms with E-state index in [1.807, 2.05) is 29.2 Å². The summed E-state index contributed by atoms with van der Waals surface area (Å²) in [6.45, 7) is 6.95. The molecule has 2 aliphatic heterocycles. The molecule has 0 aliphatic carbocycles. The van der Waals surface area contributed by atoms with E-state index in [-0.39, 0.29) is 17.9 Å². The highest BCUT2D eigenvalue weighted by Crippen LogP contribution is 2.36. The van der Waals surface area contributed by atoms with E-state index in [9.17, 15) is 9.59 Å². The molecule has 0 radical (unpaired) electrons. The molecule has 1 N–H and O–H groups in total. The van der Waals surface area contributed by atoms with Gasteiger partial charge in [-0.05, 0) is 37.3 Å². The van der Waals surface area contributed by atoms with Gasteiger partial charge in [0.2, 0.25) is 11.8 Å². The molecule has 2 aliphatic rings. The minimum Gasteiger partial charge on any atom is -0.351 e. The molecule has 31 heavy (non-hydrogen) atoms. The highest BCUT2D eigenvalue weighted by atomic mass is 16.2. The van der Waals surface area contributed by atoms with Crippen molar-refractivity contribution in [3.05, 3.63) is 71.8 Å². The number of benzene rings is 2. The average Bonchev–Trinajstić information content (AvgIpc) is 3.28. The number of likely N-dealkylation sites (tertiary alicyclic amines) is 2. The number of rotatable bonds is 5. The Hall–Kier alpha value is -2.66. The van der Waals surface area contributed by atoms with E-state index >= 15 is 0 Å². The Labute approximate surface area is 185 Å². The maximum absolute atomic E-state index is 13.7. The quantitative estimate of drug-likeness (QED) is 0.807. The maximum atomic E-state index is 13.7. The van der Waals surface area contributed by atoms with Gasteiger partial charge in [-0.2, -0.15) is 0 Å². The maximum Gasteiger partial charge on any atom is 0.231 e. The number of amides is 2. The Morgan fingerprint density at radius 2 is 1.58 bits per heavy atom. The van der Waals surface area contributed by atoms with Gasteiger partial charge in [0.25, 0.3) is 0 Å². The number of nitrogens with one attached hydrogen (secondary N) is 1. The highest BCUT2D eigenvalue weighted by molar-refractivity contribution is 5.89. The van der Waals surface area contributed by atoms with Gasteiger partial charge in [0, 0.05) is 45.2 Å². The molecule has 5 heteroatoms. The lowest BCUT2D eigenvalue weighted by atomic mass is 9.71. The summed E-state index contributed by atoms with van der Waals surface area (Å²) in [4.78, 5) is 29.8. The van der Waals surface area contributed by atoms with Crippen molar-refractivity contribution in [2.75, 3.05) is 26.2 Å². The molecule has 2 atom stereocenters. The summed E-state index contributed by atoms with van der Waals surface area (Å²) >= 11 is 0. The fourth-order valence-electron chi connectivity index (χ4n) is 5.13. The third kappa shape index (κ3) is 4.52. The van der Waals surface area contributed by atoms with Crippen LogP contribution in [0.25, 0.3) is 0 Å². The molecule has 164 valence electrons. The van der Waals surface area contributed by atoms with Crippen LogP contribution in [0.4, 0.5) is 0 Å². The fourth-order valence-corrected chi connectivity index (χ4v) is 5.13. The fraction of sp³-hybridized carbons (Fsp3) is 0.462. The van der Waals surface area contributed by atoms with Crippen LogP contribution in [0.5, 0.6) is 0 Å². The summed E-state index contributed by atoms with van der Waals surface area (Å²) in [7, 11) is 0. The van der Waals surface area contributed by atoms with Gasteiger partial charge in [-0.25, -0.2) is 0 Å². The number of hydrogen-bond acceptors (Lipinski definition) is 3. The van der Waals surface area contributed by atoms with E-state index in [2.05, 4.69) is 53.5 Å². The van der Waals surface area contributed by atoms with Crippen LogP contribution in [0.2, 0.25) is 0 Å². The van der Waals surface area contributed by atoms with Crippen molar-refractivity contribution in [3.63, 3.8) is 0 Å². The molecular weight excluding hydrogens is 386 g/mol. The van der Waals surface area contributed by atoms with Crippen molar-refractivity contribution in [3.8, 4) is 0 Å². The van der Waals surface area contributed by atoms with Gasteiger partial charge in [0.15, 0.2) is 0 Å². The average molecular weight is 420 g/mol. The number of nitrogens with zero attached hydrogens (tertiary/aromatic N) is 2. The van der Waals surface area contributed by atoms with E-state index < -0.39 is 5.41 Å². The van der Waals surface area contributed by atoms with Crippen LogP contribution in [-0.4, -0.2) is 53.8 Å². The topological polar surface area (TPSA) is 52.7 Å². The molecule has 0 saturated carbocycles. The van der Waals surface area contributed by atoms with Gasteiger partial charge in [-0.1, -0.05) is 60.7 Å². The largest absolute Gasteiger partial charge is 0.351 e. The molecule has 5 nitrogen and oxygen atoms in total. The van der Waals surface area contributed by atoms with Crippen LogP contribution < -0.4 is 5.32 Å². The van der Waals surface area contributed by atoms with E-state index in [4.69, 9.17) is 0 Å². The summed E-state index contributed by atoms with van der Waals surface area (Å²) < 4.78 is 0. The van der Waals surface area contributed by atoms with Gasteiger partial charge in [-0.15, -0.1) is 0 Å². The minimum atomic E-state index is -0.564. The number of hydrogen-bond donors (Lipinski definition) is 1. The molecule has 2 aromatic carbocycles. The zero-order valence-corrected chi connectivity index (χ0v) is 18.6. The zero-order chi connectivity index (χ0) is 21.8. The predicted molar refractivity (Wildman–Crippen MR) is 123 cm³/mol. The Kier molecular flexibility index (Phi) is 6.42. The van der Waals surface area contributed by atoms with Crippen LogP contribution in [0.1, 0.15) is 50.3 Å². The lowest BCUT2D eigenvalue weighted by molar-refractivity contribution is -0.135. The van der Waals surface area contributed by atoms with Crippen LogP contribution >= 0.6 is 0 Å². The smallest absolute Gasteiger partial charge is 0.231 e. The normalized spacial score (nSPS) is 22.1. The first-order chi connectivity index (χ1) is 15.0. The molecule has 4 rings (SSSR count). The van der Waals surface area contributed by atoms with Crippen LogP contribution in [-0.2, 0) is 15.0 Å². The number of carbonyl (C=O) groups excluding carboxylic acids is 2. The van der Waals surface area contributed by atoms with E-state index in [0.29, 0.717) is 32.0 Å². The molecule has 0 bridgehead atoms. The molecule has 2 saturated heterocycles. The summed E-state index contributed by atoms with van der Waals surface area (Å²) in [5, 5.41) is 3.38. The molecule has 2 fully saturated rings. The predicted octanol–water partition coefficient (Wildman–Crippen LogP) is 3.52. The first-order valence-corrected chi connectivity index (χ1v) is 11.4. The summed E-state index contributed by atoms with van der Waals surface area (Å²) in [5.41, 5.74) is 1.81. The van der Waals surface area contributed by atoms with Gasteiger partial charge < -0.3 is 10.2 Å². The molecule has 2 heterocycles. The van der Waals surface area contributed by atoms with Crippen LogP contribution in [0.3, 0.4) is 0 Å². The SMILES string of the molecule is CC(=O)N1CCC(C(=O)NC2CCN(C(C)c3ccccc3)C2)(c2ccccc2)CC1. The first-order valence-electron chi connectivity index (χ1n) is 11.4. The molecular formula is C26H33N3O2. The van der Waals surface area contributed by atoms with Gasteiger partial charge in [0.1, 0.15) is 0 Å². The van der Waals surface area contributed by atoms with Crippen molar-refractivity contribution in [1.82, 2.24) is 15.1 Å². The zero-order valence-electron chi connectivity index (χ0n) is 18.6. The monoisotopic (exact) mass is 419 g/mol. The van der Waals surface area contributed by atoms with E-state index in [1.165, 1.54) is 5.56 Å². The first kappa shape index (κ1) is 21.6. The third-order valence-electron chi connectivity index (χ3n) is 7.21. The second-order valence-corrected chi connectivity index (χ2v) is 8.99. The molecule has 0 aromatic heterocycles. The number of piperidine rings is 1. The van der Waals surface area contributed by atoms with Gasteiger partial charge in [0.05, 0.1) is 5.41 Å². The van der Waals surface area contributed by atoms with Gasteiger partial charge in [-0.3, -0.25) is 14.5 Å². The second-order valence-electron chi connectivity index (χ2n) is 8.99. The Morgan fingerprint density at radius 1 is 0.968 bits per heavy atom. The number of carbonyl (C=O) groups is 2. The molecule has 2 aromatic rings. The summed E-state index contributed by atoms with van der Waals surface area (Å²) in [6, 6.07) is 21.1. The lowest BCUT2D eigenvalue weighted by Gasteiger charge is -2.41. The van der Waals surface area contributed by atoms with Gasteiger partial charge >= 0.3 is 0 Å². The minimum absolute atomic E-state index is 0.0865. The van der Waals surface area contributed by atoms with Crippen molar-refractivity contribution in [2.45, 2.75) is 50.6 Å². The Balaban J connectivity index is 1.46. The standard InChI is InChI=1S/C26H33N3O2/c1-20(22-9-5-3-6-10-22)29-16-13-24(19-29)27-25(31)26(23-11-7-4-8-12-23)14-17-28(18-15-26)21(2)30/h3-12,20,24H,13-19H2,1-2H3,(H,27,31). The van der Waals surface area contributed by atoms with Crippen LogP contribution in [0, 0.1) is 0 Å². The third-order valence-corrected chi connectivity index (χ3v) is 7.21. The molecule has 2 unspecified atom stereocenters. The van der Waals surface area contributed by atoms with Crippen molar-refractivity contribution < 1.29 is 9.59 Å². The van der Waals surface area contributed by atoms with E-state index in [0.717, 1.165) is 25.1 Å². The second kappa shape index (κ2) is 9.23. The summed E-state index contributed by atoms with van der Waals surface area (Å²) in [5.74, 6) is 0.199. The Morgan fingerprint density at radius 3 is 2.19 bits per heavy atom. The molecule has 2 amide bonds. The lowest BCUT2D eigenvalue weighted by Crippen LogP contribution is -2.54.